The van der Waals surface area contributed by atoms with Crippen molar-refractivity contribution in [1.29, 1.82) is 0 Å². The van der Waals surface area contributed by atoms with Crippen molar-refractivity contribution in [3.05, 3.63) is 41.4 Å². The van der Waals surface area contributed by atoms with Crippen LogP contribution in [0.25, 0.3) is 0 Å². The van der Waals surface area contributed by atoms with Crippen molar-refractivity contribution in [2.45, 2.75) is 49.3 Å². The van der Waals surface area contributed by atoms with Crippen molar-refractivity contribution in [2.24, 2.45) is 5.92 Å². The van der Waals surface area contributed by atoms with Crippen LogP contribution >= 0.6 is 11.3 Å². The normalized spacial score (nSPS) is 17.4. The number of amides is 1. The largest absolute Gasteiger partial charge is 0.368 e. The Morgan fingerprint density at radius 2 is 1.96 bits per heavy atom. The minimum Gasteiger partial charge on any atom is -0.368 e. The smallest absolute Gasteiger partial charge is 0.236 e. The Bertz CT molecular complexity index is 889. The quantitative estimate of drug-likeness (QED) is 0.695. The van der Waals surface area contributed by atoms with E-state index in [-0.39, 0.29) is 16.7 Å². The highest BCUT2D eigenvalue weighted by Crippen LogP contribution is 2.39. The summed E-state index contributed by atoms with van der Waals surface area (Å²) in [5.41, 5.74) is 0.0503. The van der Waals surface area contributed by atoms with Gasteiger partial charge in [-0.3, -0.25) is 4.79 Å². The molecule has 0 spiro atoms. The number of nitrogens with one attached hydrogen (secondary N) is 1. The molecule has 6 nitrogen and oxygen atoms in total. The number of anilines is 1. The third-order valence-corrected chi connectivity index (χ3v) is 7.67. The van der Waals surface area contributed by atoms with Gasteiger partial charge >= 0.3 is 0 Å². The van der Waals surface area contributed by atoms with Gasteiger partial charge in [0.2, 0.25) is 15.7 Å². The summed E-state index contributed by atoms with van der Waals surface area (Å²) in [6, 6.07) is 6.62. The summed E-state index contributed by atoms with van der Waals surface area (Å²) in [6.45, 7) is 1.94. The van der Waals surface area contributed by atoms with E-state index in [1.165, 1.54) is 31.3 Å². The van der Waals surface area contributed by atoms with Gasteiger partial charge in [-0.2, -0.15) is 0 Å². The van der Waals surface area contributed by atoms with E-state index in [9.17, 15) is 13.2 Å². The van der Waals surface area contributed by atoms with Crippen LogP contribution in [0.15, 0.2) is 40.7 Å². The third kappa shape index (κ3) is 4.61. The maximum atomic E-state index is 13.2. The molecule has 1 aromatic carbocycles. The molecule has 1 fully saturated rings. The van der Waals surface area contributed by atoms with Gasteiger partial charge in [-0.1, -0.05) is 37.8 Å². The number of nitrogens with zero attached hydrogens (tertiary/aromatic N) is 1. The monoisotopic (exact) mass is 422 g/mol. The topological polar surface area (TPSA) is 85.4 Å². The Kier molecular flexibility index (Phi) is 6.52. The number of thiazole rings is 1. The number of sulfone groups is 1. The number of aromatic nitrogens is 1. The molecule has 1 amide bonds. The van der Waals surface area contributed by atoms with Crippen LogP contribution < -0.4 is 5.32 Å². The Morgan fingerprint density at radius 1 is 1.29 bits per heavy atom. The van der Waals surface area contributed by atoms with Crippen LogP contribution in [0.3, 0.4) is 0 Å². The van der Waals surface area contributed by atoms with Crippen LogP contribution in [0.2, 0.25) is 0 Å². The molecule has 1 saturated carbocycles. The Balaban J connectivity index is 1.90. The highest BCUT2D eigenvalue weighted by atomic mass is 32.2. The first-order valence-electron chi connectivity index (χ1n) is 9.38. The predicted octanol–water partition coefficient (Wildman–Crippen LogP) is 4.00. The molecule has 1 atom stereocenters. The van der Waals surface area contributed by atoms with Gasteiger partial charge in [0.05, 0.1) is 10.3 Å². The van der Waals surface area contributed by atoms with E-state index >= 15 is 0 Å². The number of rotatable bonds is 8. The number of hydrogen-bond donors (Lipinski definition) is 1. The minimum atomic E-state index is -3.49. The summed E-state index contributed by atoms with van der Waals surface area (Å²) in [4.78, 5) is 17.6. The average molecular weight is 423 g/mol. The van der Waals surface area contributed by atoms with E-state index in [1.54, 1.807) is 30.5 Å². The molecule has 8 heteroatoms. The average Bonchev–Trinajstić information content (AvgIpc) is 3.36. The molecular formula is C20H26N2O4S2. The fourth-order valence-electron chi connectivity index (χ4n) is 3.91. The fourth-order valence-corrected chi connectivity index (χ4v) is 5.43. The van der Waals surface area contributed by atoms with Crippen molar-refractivity contribution >= 4 is 32.2 Å². The van der Waals surface area contributed by atoms with Gasteiger partial charge in [-0.25, -0.2) is 13.4 Å². The highest BCUT2D eigenvalue weighted by molar-refractivity contribution is 7.91. The first kappa shape index (κ1) is 21.0. The van der Waals surface area contributed by atoms with Crippen molar-refractivity contribution in [1.82, 2.24) is 4.98 Å². The van der Waals surface area contributed by atoms with Crippen molar-refractivity contribution < 1.29 is 17.9 Å². The molecule has 2 aromatic rings. The lowest BCUT2D eigenvalue weighted by atomic mass is 9.74. The summed E-state index contributed by atoms with van der Waals surface area (Å²) in [7, 11) is -2.13. The maximum absolute atomic E-state index is 13.2. The lowest BCUT2D eigenvalue weighted by Crippen LogP contribution is -2.39. The Morgan fingerprint density at radius 3 is 2.54 bits per heavy atom. The van der Waals surface area contributed by atoms with Crippen LogP contribution in [0.4, 0.5) is 5.13 Å². The van der Waals surface area contributed by atoms with Crippen LogP contribution in [-0.4, -0.2) is 32.4 Å². The van der Waals surface area contributed by atoms with E-state index in [4.69, 9.17) is 4.74 Å². The van der Waals surface area contributed by atoms with Crippen LogP contribution in [0.1, 0.15) is 44.6 Å². The number of hydrogen-bond acceptors (Lipinski definition) is 6. The maximum Gasteiger partial charge on any atom is 0.236 e. The molecule has 1 N–H and O–H groups in total. The van der Waals surface area contributed by atoms with E-state index in [0.717, 1.165) is 24.8 Å². The van der Waals surface area contributed by atoms with Crippen LogP contribution in [0.5, 0.6) is 0 Å². The molecular weight excluding hydrogens is 396 g/mol. The second-order valence-corrected chi connectivity index (χ2v) is 10.4. The first-order chi connectivity index (χ1) is 13.3. The summed E-state index contributed by atoms with van der Waals surface area (Å²) >= 11 is 1.38. The molecule has 1 unspecified atom stereocenters. The lowest BCUT2D eigenvalue weighted by molar-refractivity contribution is -0.121. The predicted molar refractivity (Wildman–Crippen MR) is 110 cm³/mol. The van der Waals surface area contributed by atoms with Gasteiger partial charge in [0, 0.05) is 18.7 Å². The highest BCUT2D eigenvalue weighted by Gasteiger charge is 2.38. The fraction of sp³-hybridized carbons (Fsp3) is 0.500. The van der Waals surface area contributed by atoms with Crippen molar-refractivity contribution in [3.63, 3.8) is 0 Å². The zero-order chi connectivity index (χ0) is 20.2. The molecule has 0 saturated heterocycles. The molecule has 1 aliphatic rings. The van der Waals surface area contributed by atoms with Gasteiger partial charge in [-0.15, -0.1) is 11.3 Å². The molecule has 0 bridgehead atoms. The molecule has 0 radical (unpaired) electrons. The van der Waals surface area contributed by atoms with E-state index in [0.29, 0.717) is 11.0 Å². The van der Waals surface area contributed by atoms with E-state index < -0.39 is 15.3 Å². The van der Waals surface area contributed by atoms with Gasteiger partial charge in [0.25, 0.3) is 0 Å². The number of benzene rings is 1. The Hall–Kier alpha value is -1.77. The van der Waals surface area contributed by atoms with Gasteiger partial charge in [0.1, 0.15) is 0 Å². The van der Waals surface area contributed by atoms with Gasteiger partial charge in [-0.05, 0) is 37.0 Å². The molecule has 152 valence electrons. The number of methoxy groups -OCH3 is 1. The minimum absolute atomic E-state index is 0.109. The summed E-state index contributed by atoms with van der Waals surface area (Å²) in [6.07, 6.45) is 7.03. The summed E-state index contributed by atoms with van der Waals surface area (Å²) in [5, 5.41) is 5.32. The molecule has 0 aliphatic heterocycles. The van der Waals surface area contributed by atoms with Gasteiger partial charge < -0.3 is 10.1 Å². The lowest BCUT2D eigenvalue weighted by Gasteiger charge is -2.31. The molecule has 28 heavy (non-hydrogen) atoms. The van der Waals surface area contributed by atoms with Crippen molar-refractivity contribution in [3.8, 4) is 0 Å². The van der Waals surface area contributed by atoms with Crippen molar-refractivity contribution in [2.75, 3.05) is 18.4 Å². The SMILES string of the molecule is COCS(=O)(=O)c1ccc(C(C)(CC2CCCC2)C(=O)Nc2nccs2)cc1. The first-order valence-corrected chi connectivity index (χ1v) is 11.9. The summed E-state index contributed by atoms with van der Waals surface area (Å²) in [5.74, 6) is 0.0155. The number of carbonyl (C=O) groups is 1. The zero-order valence-electron chi connectivity index (χ0n) is 16.2. The Labute approximate surface area is 170 Å². The second-order valence-electron chi connectivity index (χ2n) is 7.52. The molecule has 1 aliphatic carbocycles. The number of carbonyl (C=O) groups excluding carboxylic acids is 1. The van der Waals surface area contributed by atoms with E-state index in [1.807, 2.05) is 12.3 Å². The molecule has 3 rings (SSSR count). The van der Waals surface area contributed by atoms with Gasteiger partial charge in [0.15, 0.2) is 11.1 Å². The van der Waals surface area contributed by atoms with Crippen LogP contribution in [0, 0.1) is 5.92 Å². The second kappa shape index (κ2) is 8.71. The third-order valence-electron chi connectivity index (χ3n) is 5.45. The van der Waals surface area contributed by atoms with E-state index in [2.05, 4.69) is 10.3 Å². The van der Waals surface area contributed by atoms with Crippen LogP contribution in [-0.2, 0) is 24.8 Å². The summed E-state index contributed by atoms with van der Waals surface area (Å²) < 4.78 is 29.2. The standard InChI is InChI=1S/C20H26N2O4S2/c1-20(13-15-5-3-4-6-15,18(23)22-19-21-11-12-27-19)16-7-9-17(10-8-16)28(24,25)14-26-2/h7-12,15H,3-6,13-14H2,1-2H3,(H,21,22,23). The zero-order valence-corrected chi connectivity index (χ0v) is 17.8. The molecule has 1 aromatic heterocycles. The molecule has 1 heterocycles. The number of ether oxygens (including phenoxy) is 1.